The molecule has 0 aliphatic carbocycles. The first-order chi connectivity index (χ1) is 41.8. The number of aromatic nitrogens is 1. The van der Waals surface area contributed by atoms with Gasteiger partial charge in [0.05, 0.1) is 22.4 Å². The van der Waals surface area contributed by atoms with Gasteiger partial charge in [-0.05, 0) is 140 Å². The van der Waals surface area contributed by atoms with Gasteiger partial charge in [-0.25, -0.2) is 0 Å². The molecule has 14 aromatic rings. The maximum absolute atomic E-state index is 6.90. The lowest BCUT2D eigenvalue weighted by atomic mass is 9.33. The predicted molar refractivity (Wildman–Crippen MR) is 362 cm³/mol. The third-order valence-corrected chi connectivity index (χ3v) is 18.1. The highest BCUT2D eigenvalue weighted by Crippen LogP contribution is 2.53. The highest BCUT2D eigenvalue weighted by atomic mass is 16.3. The van der Waals surface area contributed by atoms with E-state index in [1.54, 1.807) is 0 Å². The molecule has 5 heteroatoms. The Morgan fingerprint density at radius 3 is 1.64 bits per heavy atom. The van der Waals surface area contributed by atoms with Crippen LogP contribution in [0.5, 0.6) is 0 Å². The van der Waals surface area contributed by atoms with Crippen molar-refractivity contribution in [3.63, 3.8) is 0 Å². The molecule has 0 atom stereocenters. The molecule has 2 aliphatic rings. The van der Waals surface area contributed by atoms with Gasteiger partial charge < -0.3 is 19.2 Å². The number of unbranched alkanes of at least 4 members (excludes halogenated alkanes) is 1. The van der Waals surface area contributed by atoms with E-state index in [4.69, 9.17) is 4.42 Å². The first kappa shape index (κ1) is 50.6. The highest BCUT2D eigenvalue weighted by molar-refractivity contribution is 7.00. The van der Waals surface area contributed by atoms with Crippen LogP contribution in [0.1, 0.15) is 51.7 Å². The molecule has 4 heterocycles. The predicted octanol–water partition coefficient (Wildman–Crippen LogP) is 20.0. The third-order valence-electron chi connectivity index (χ3n) is 18.1. The van der Waals surface area contributed by atoms with Crippen molar-refractivity contribution in [3.8, 4) is 61.3 Å². The van der Waals surface area contributed by atoms with Gasteiger partial charge in [0.2, 0.25) is 0 Å². The Balaban J connectivity index is 1.06. The second-order valence-electron chi connectivity index (χ2n) is 24.2. The number of benzene rings is 12. The second-order valence-corrected chi connectivity index (χ2v) is 24.2. The molecule has 1 N–H and O–H groups in total. The molecule has 85 heavy (non-hydrogen) atoms. The molecule has 0 fully saturated rings. The zero-order chi connectivity index (χ0) is 56.9. The molecule has 2 aromatic heterocycles. The van der Waals surface area contributed by atoms with E-state index in [-0.39, 0.29) is 12.1 Å². The summed E-state index contributed by atoms with van der Waals surface area (Å²) in [5, 5.41) is 9.18. The molecule has 0 amide bonds. The van der Waals surface area contributed by atoms with Gasteiger partial charge in [-0.15, -0.1) is 0 Å². The molecule has 12 aromatic carbocycles. The average Bonchev–Trinajstić information content (AvgIpc) is 1.32. The maximum atomic E-state index is 6.90. The van der Waals surface area contributed by atoms with Gasteiger partial charge >= 0.3 is 0 Å². The largest absolute Gasteiger partial charge is 0.456 e. The summed E-state index contributed by atoms with van der Waals surface area (Å²) in [5.41, 5.74) is 28.8. The smallest absolute Gasteiger partial charge is 0.252 e. The van der Waals surface area contributed by atoms with Crippen LogP contribution in [0.3, 0.4) is 0 Å². The minimum Gasteiger partial charge on any atom is -0.456 e. The van der Waals surface area contributed by atoms with Crippen LogP contribution in [-0.2, 0) is 11.8 Å². The average molecular weight is 1090 g/mol. The lowest BCUT2D eigenvalue weighted by Gasteiger charge is -2.43. The second kappa shape index (κ2) is 20.1. The minimum atomic E-state index is -0.226. The van der Waals surface area contributed by atoms with E-state index >= 15 is 0 Å². The Kier molecular flexibility index (Phi) is 12.0. The Morgan fingerprint density at radius 1 is 0.447 bits per heavy atom. The number of nitrogens with one attached hydrogen (secondary N) is 1. The van der Waals surface area contributed by atoms with Crippen LogP contribution in [-0.4, -0.2) is 11.3 Å². The van der Waals surface area contributed by atoms with Crippen LogP contribution >= 0.6 is 0 Å². The number of rotatable bonds is 10. The first-order valence-corrected chi connectivity index (χ1v) is 30.2. The van der Waals surface area contributed by atoms with E-state index in [1.165, 1.54) is 88.4 Å². The van der Waals surface area contributed by atoms with E-state index in [9.17, 15) is 0 Å². The van der Waals surface area contributed by atoms with Crippen LogP contribution in [0.2, 0.25) is 0 Å². The summed E-state index contributed by atoms with van der Waals surface area (Å²) in [5.74, 6) is 0. The molecule has 16 rings (SSSR count). The lowest BCUT2D eigenvalue weighted by molar-refractivity contribution is 0.591. The minimum absolute atomic E-state index is 0.181. The van der Waals surface area contributed by atoms with Gasteiger partial charge in [-0.3, -0.25) is 0 Å². The number of fused-ring (bicyclic) bond motifs is 10. The summed E-state index contributed by atoms with van der Waals surface area (Å²) in [6, 6.07) is 97.1. The van der Waals surface area contributed by atoms with Gasteiger partial charge in [0.15, 0.2) is 0 Å². The van der Waals surface area contributed by atoms with Crippen molar-refractivity contribution < 1.29 is 4.42 Å². The third kappa shape index (κ3) is 8.20. The van der Waals surface area contributed by atoms with E-state index in [0.717, 1.165) is 91.9 Å². The van der Waals surface area contributed by atoms with Crippen LogP contribution in [0.4, 0.5) is 28.4 Å². The molecule has 0 radical (unpaired) electrons. The Morgan fingerprint density at radius 2 is 1.01 bits per heavy atom. The van der Waals surface area contributed by atoms with Crippen molar-refractivity contribution in [3.05, 3.63) is 272 Å². The van der Waals surface area contributed by atoms with Gasteiger partial charge in [-0.2, -0.15) is 0 Å². The molecular weight excluding hydrogens is 1030 g/mol. The van der Waals surface area contributed by atoms with Crippen molar-refractivity contribution >= 4 is 95.3 Å². The molecule has 0 saturated heterocycles. The van der Waals surface area contributed by atoms with E-state index < -0.39 is 0 Å². The maximum Gasteiger partial charge on any atom is 0.252 e. The fraction of sp³-hybridized carbons (Fsp3) is 0.100. The zero-order valence-electron chi connectivity index (χ0n) is 48.3. The Labute approximate surface area is 497 Å². The molecule has 4 nitrogen and oxygen atoms in total. The number of aryl methyl sites for hydroxylation is 1. The molecule has 0 spiro atoms. The van der Waals surface area contributed by atoms with Crippen molar-refractivity contribution in [2.45, 2.75) is 52.4 Å². The number of furan rings is 1. The Hall–Kier alpha value is -10.1. The van der Waals surface area contributed by atoms with Gasteiger partial charge in [-0.1, -0.05) is 234 Å². The summed E-state index contributed by atoms with van der Waals surface area (Å²) in [7, 11) is 0. The van der Waals surface area contributed by atoms with Gasteiger partial charge in [0.1, 0.15) is 11.2 Å². The van der Waals surface area contributed by atoms with E-state index in [0.29, 0.717) is 0 Å². The molecule has 0 bridgehead atoms. The molecule has 0 unspecified atom stereocenters. The van der Waals surface area contributed by atoms with Gasteiger partial charge in [0.25, 0.3) is 6.71 Å². The van der Waals surface area contributed by atoms with Crippen molar-refractivity contribution in [1.29, 1.82) is 0 Å². The van der Waals surface area contributed by atoms with Crippen LogP contribution in [0.25, 0.3) is 105 Å². The van der Waals surface area contributed by atoms with Crippen molar-refractivity contribution in [2.75, 3.05) is 10.2 Å². The fourth-order valence-corrected chi connectivity index (χ4v) is 14.1. The summed E-state index contributed by atoms with van der Waals surface area (Å²) in [6.07, 6.45) is 3.05. The SMILES string of the molecule is CCCCc1ccc2oc3ccccc3c2c1-c1c(-n2c3ccccc3c3ccccc32)ccc2c1Nc1cc(C(C)(C)C)cc3c1B2c1cc(-c2ccccc2)ccc1N3c1c(-c2ccccc2)cc(-c2ccccc2)cc1-c1ccccc1. The number of hydrogen-bond acceptors (Lipinski definition) is 3. The molecule has 406 valence electrons. The van der Waals surface area contributed by atoms with Crippen molar-refractivity contribution in [2.24, 2.45) is 0 Å². The van der Waals surface area contributed by atoms with Crippen LogP contribution in [0, 0.1) is 0 Å². The topological polar surface area (TPSA) is 33.3 Å². The van der Waals surface area contributed by atoms with Gasteiger partial charge in [0, 0.05) is 66.5 Å². The van der Waals surface area contributed by atoms with E-state index in [1.807, 2.05) is 0 Å². The Bertz CT molecular complexity index is 4820. The fourth-order valence-electron chi connectivity index (χ4n) is 14.1. The lowest BCUT2D eigenvalue weighted by Crippen LogP contribution is -2.60. The van der Waals surface area contributed by atoms with Crippen LogP contribution < -0.4 is 26.6 Å². The summed E-state index contributed by atoms with van der Waals surface area (Å²) >= 11 is 0. The van der Waals surface area contributed by atoms with E-state index in [2.05, 4.69) is 303 Å². The standard InChI is InChI=1S/C80H62BN3O/c1-5-6-25-55-41-45-73-75(61-36-21-24-39-72(61)85-73)74(55)76-70(83-67-37-22-19-34-59(67)60-35-20-23-38-68(60)83)44-42-64-78(76)82-66-49-58(80(2,3)4)50-71-77(66)81(64)65-48-56(51-26-11-7-12-27-51)40-43-69(65)84(71)79-62(53-30-15-9-16-31-53)46-57(52-28-13-8-14-29-52)47-63(79)54-32-17-10-18-33-54/h7-24,26-50,82H,5-6,25H2,1-4H3. The highest BCUT2D eigenvalue weighted by Gasteiger charge is 2.44. The summed E-state index contributed by atoms with van der Waals surface area (Å²) < 4.78 is 9.44. The normalized spacial score (nSPS) is 12.7. The first-order valence-electron chi connectivity index (χ1n) is 30.2. The summed E-state index contributed by atoms with van der Waals surface area (Å²) in [4.78, 5) is 2.65. The van der Waals surface area contributed by atoms with Crippen molar-refractivity contribution in [1.82, 2.24) is 4.57 Å². The zero-order valence-corrected chi connectivity index (χ0v) is 48.3. The monoisotopic (exact) mass is 1090 g/mol. The van der Waals surface area contributed by atoms with Crippen LogP contribution in [0.15, 0.2) is 265 Å². The quantitative estimate of drug-likeness (QED) is 0.139. The molecule has 0 saturated carbocycles. The molecular formula is C80H62BN3O. The number of hydrogen-bond donors (Lipinski definition) is 1. The molecule has 2 aliphatic heterocycles. The number of para-hydroxylation sites is 3. The number of anilines is 5. The summed E-state index contributed by atoms with van der Waals surface area (Å²) in [6.45, 7) is 9.20. The number of nitrogens with zero attached hydrogens (tertiary/aromatic N) is 2.